The third-order valence-electron chi connectivity index (χ3n) is 8.69. The van der Waals surface area contributed by atoms with Crippen LogP contribution in [0.4, 0.5) is 0 Å². The normalized spacial score (nSPS) is 12.0. The van der Waals surface area contributed by atoms with Crippen LogP contribution in [-0.2, 0) is 19.1 Å². The number of unbranched alkanes of at least 4 members (excludes halogenated alkanes) is 22. The molecule has 1 amide bonds. The van der Waals surface area contributed by atoms with Crippen molar-refractivity contribution < 1.29 is 24.2 Å². The summed E-state index contributed by atoms with van der Waals surface area (Å²) in [5, 5.41) is 11.1. The maximum Gasteiger partial charge on any atom is 0.322 e. The molecule has 0 aliphatic rings. The van der Waals surface area contributed by atoms with Gasteiger partial charge in [-0.2, -0.15) is 0 Å². The van der Waals surface area contributed by atoms with Gasteiger partial charge < -0.3 is 15.2 Å². The molecule has 0 aliphatic carbocycles. The van der Waals surface area contributed by atoms with Crippen LogP contribution in [-0.4, -0.2) is 35.6 Å². The minimum absolute atomic E-state index is 0.0230. The zero-order valence-corrected chi connectivity index (χ0v) is 29.7. The summed E-state index contributed by atoms with van der Waals surface area (Å²) in [5.74, 6) is -1.23. The molecule has 0 saturated heterocycles. The van der Waals surface area contributed by atoms with E-state index in [0.717, 1.165) is 64.2 Å². The van der Waals surface area contributed by atoms with Gasteiger partial charge in [-0.15, -0.1) is 0 Å². The van der Waals surface area contributed by atoms with Gasteiger partial charge in [0.2, 0.25) is 5.91 Å². The first-order valence-corrected chi connectivity index (χ1v) is 19.3. The van der Waals surface area contributed by atoms with Gasteiger partial charge in [-0.1, -0.05) is 148 Å². The quantitative estimate of drug-likeness (QED) is 0.0410. The van der Waals surface area contributed by atoms with Crippen molar-refractivity contribution in [2.24, 2.45) is 0 Å². The molecule has 0 fully saturated rings. The Hall–Kier alpha value is -1.85. The van der Waals surface area contributed by atoms with E-state index in [1.54, 1.807) is 0 Å². The van der Waals surface area contributed by atoms with Crippen LogP contribution >= 0.6 is 0 Å². The molecule has 0 heterocycles. The molecular weight excluding hydrogens is 562 g/mol. The van der Waals surface area contributed by atoms with E-state index in [1.807, 2.05) is 0 Å². The number of esters is 1. The SMILES string of the molecule is CCCC/C=C\CCCCCCCC(=O)OC(CCCCCCCCCCCCCC)CCCCCCCC(=O)NCC(=O)O. The summed E-state index contributed by atoms with van der Waals surface area (Å²) in [4.78, 5) is 34.9. The Balaban J connectivity index is 4.18. The van der Waals surface area contributed by atoms with Crippen molar-refractivity contribution >= 4 is 17.8 Å². The number of carbonyl (C=O) groups is 3. The number of hydrogen-bond donors (Lipinski definition) is 2. The molecule has 0 aliphatic heterocycles. The summed E-state index contributed by atoms with van der Waals surface area (Å²) in [7, 11) is 0. The van der Waals surface area contributed by atoms with Crippen LogP contribution in [0.25, 0.3) is 0 Å². The van der Waals surface area contributed by atoms with E-state index < -0.39 is 5.97 Å². The molecule has 0 saturated carbocycles. The molecule has 0 spiro atoms. The highest BCUT2D eigenvalue weighted by Gasteiger charge is 2.14. The number of nitrogens with one attached hydrogen (secondary N) is 1. The first-order valence-electron chi connectivity index (χ1n) is 19.3. The number of ether oxygens (including phenoxy) is 1. The van der Waals surface area contributed by atoms with Gasteiger partial charge in [-0.3, -0.25) is 14.4 Å². The van der Waals surface area contributed by atoms with Crippen LogP contribution in [0.1, 0.15) is 206 Å². The predicted molar refractivity (Wildman–Crippen MR) is 190 cm³/mol. The zero-order chi connectivity index (χ0) is 33.1. The zero-order valence-electron chi connectivity index (χ0n) is 29.7. The fourth-order valence-corrected chi connectivity index (χ4v) is 5.79. The van der Waals surface area contributed by atoms with Crippen molar-refractivity contribution in [2.75, 3.05) is 6.54 Å². The third-order valence-corrected chi connectivity index (χ3v) is 8.69. The number of hydrogen-bond acceptors (Lipinski definition) is 4. The molecule has 6 nitrogen and oxygen atoms in total. The smallest absolute Gasteiger partial charge is 0.322 e. The van der Waals surface area contributed by atoms with E-state index in [1.165, 1.54) is 116 Å². The van der Waals surface area contributed by atoms with Gasteiger partial charge in [-0.05, 0) is 57.8 Å². The molecular formula is C39H73NO5. The van der Waals surface area contributed by atoms with Crippen LogP contribution in [0.3, 0.4) is 0 Å². The Morgan fingerprint density at radius 3 is 1.49 bits per heavy atom. The van der Waals surface area contributed by atoms with E-state index in [-0.39, 0.29) is 24.5 Å². The summed E-state index contributed by atoms with van der Waals surface area (Å²) >= 11 is 0. The van der Waals surface area contributed by atoms with Crippen LogP contribution < -0.4 is 5.32 Å². The molecule has 0 aromatic rings. The molecule has 0 aromatic carbocycles. The van der Waals surface area contributed by atoms with E-state index in [2.05, 4.69) is 31.3 Å². The second kappa shape index (κ2) is 35.0. The number of aliphatic carboxylic acids is 1. The first-order chi connectivity index (χ1) is 22.0. The van der Waals surface area contributed by atoms with Gasteiger partial charge in [0.1, 0.15) is 12.6 Å². The summed E-state index contributed by atoms with van der Waals surface area (Å²) in [6.07, 6.45) is 39.0. The van der Waals surface area contributed by atoms with E-state index in [4.69, 9.17) is 9.84 Å². The second-order valence-corrected chi connectivity index (χ2v) is 13.2. The van der Waals surface area contributed by atoms with E-state index in [0.29, 0.717) is 12.8 Å². The van der Waals surface area contributed by atoms with Crippen LogP contribution in [0, 0.1) is 0 Å². The Kier molecular flexibility index (Phi) is 33.6. The largest absolute Gasteiger partial charge is 0.480 e. The van der Waals surface area contributed by atoms with E-state index in [9.17, 15) is 14.4 Å². The van der Waals surface area contributed by atoms with Crippen molar-refractivity contribution in [3.63, 3.8) is 0 Å². The van der Waals surface area contributed by atoms with Crippen LogP contribution in [0.2, 0.25) is 0 Å². The highest BCUT2D eigenvalue weighted by molar-refractivity contribution is 5.80. The lowest BCUT2D eigenvalue weighted by Crippen LogP contribution is -2.28. The fraction of sp³-hybridized carbons (Fsp3) is 0.872. The summed E-state index contributed by atoms with van der Waals surface area (Å²) < 4.78 is 6.00. The van der Waals surface area contributed by atoms with Gasteiger partial charge in [0.15, 0.2) is 0 Å². The minimum atomic E-state index is -1.02. The lowest BCUT2D eigenvalue weighted by molar-refractivity contribution is -0.150. The molecule has 0 rings (SSSR count). The molecule has 1 unspecified atom stereocenters. The number of amides is 1. The van der Waals surface area contributed by atoms with Crippen molar-refractivity contribution in [2.45, 2.75) is 213 Å². The van der Waals surface area contributed by atoms with Crippen LogP contribution in [0.15, 0.2) is 12.2 Å². The topological polar surface area (TPSA) is 92.7 Å². The lowest BCUT2D eigenvalue weighted by atomic mass is 10.0. The Bertz CT molecular complexity index is 708. The van der Waals surface area contributed by atoms with Crippen molar-refractivity contribution in [3.05, 3.63) is 12.2 Å². The van der Waals surface area contributed by atoms with Gasteiger partial charge in [0, 0.05) is 12.8 Å². The van der Waals surface area contributed by atoms with Crippen LogP contribution in [0.5, 0.6) is 0 Å². The third kappa shape index (κ3) is 34.9. The number of carboxylic acid groups (broad SMARTS) is 1. The number of rotatable bonds is 35. The maximum atomic E-state index is 12.7. The molecule has 0 radical (unpaired) electrons. The number of carboxylic acids is 1. The molecule has 0 bridgehead atoms. The standard InChI is InChI=1S/C39H73NO5/c1-3-5-7-9-11-13-15-17-18-20-23-27-31-36(32-28-24-22-25-29-33-37(41)40-35-38(42)43)45-39(44)34-30-26-21-19-16-14-12-10-8-6-4-2/h10,12,36H,3-9,11,13-35H2,1-2H3,(H,40,41)(H,42,43)/b12-10-. The first kappa shape index (κ1) is 43.1. The molecule has 0 aromatic heterocycles. The lowest BCUT2D eigenvalue weighted by Gasteiger charge is -2.18. The molecule has 2 N–H and O–H groups in total. The van der Waals surface area contributed by atoms with Gasteiger partial charge in [-0.25, -0.2) is 0 Å². The van der Waals surface area contributed by atoms with Gasteiger partial charge in [0.25, 0.3) is 0 Å². The summed E-state index contributed by atoms with van der Waals surface area (Å²) in [5.41, 5.74) is 0. The highest BCUT2D eigenvalue weighted by Crippen LogP contribution is 2.19. The van der Waals surface area contributed by atoms with Crippen molar-refractivity contribution in [1.82, 2.24) is 5.32 Å². The van der Waals surface area contributed by atoms with Crippen molar-refractivity contribution in [1.29, 1.82) is 0 Å². The summed E-state index contributed by atoms with van der Waals surface area (Å²) in [6.45, 7) is 4.19. The molecule has 6 heteroatoms. The second-order valence-electron chi connectivity index (χ2n) is 13.2. The fourth-order valence-electron chi connectivity index (χ4n) is 5.79. The summed E-state index contributed by atoms with van der Waals surface area (Å²) in [6, 6.07) is 0. The number of allylic oxidation sites excluding steroid dienone is 2. The minimum Gasteiger partial charge on any atom is -0.480 e. The Labute approximate surface area is 278 Å². The Morgan fingerprint density at radius 1 is 0.556 bits per heavy atom. The van der Waals surface area contributed by atoms with Gasteiger partial charge >= 0.3 is 11.9 Å². The van der Waals surface area contributed by atoms with Crippen molar-refractivity contribution in [3.8, 4) is 0 Å². The van der Waals surface area contributed by atoms with Gasteiger partial charge in [0.05, 0.1) is 0 Å². The molecule has 264 valence electrons. The average molecular weight is 636 g/mol. The van der Waals surface area contributed by atoms with E-state index >= 15 is 0 Å². The number of carbonyl (C=O) groups excluding carboxylic acids is 2. The predicted octanol–water partition coefficient (Wildman–Crippen LogP) is 11.4. The highest BCUT2D eigenvalue weighted by atomic mass is 16.5. The molecule has 1 atom stereocenters. The maximum absolute atomic E-state index is 12.7. The Morgan fingerprint density at radius 2 is 0.978 bits per heavy atom. The monoisotopic (exact) mass is 636 g/mol. The molecule has 45 heavy (non-hydrogen) atoms. The average Bonchev–Trinajstić information content (AvgIpc) is 3.02.